The summed E-state index contributed by atoms with van der Waals surface area (Å²) >= 11 is 0. The van der Waals surface area contributed by atoms with Crippen molar-refractivity contribution in [2.75, 3.05) is 32.8 Å². The van der Waals surface area contributed by atoms with Gasteiger partial charge in [0.1, 0.15) is 0 Å². The summed E-state index contributed by atoms with van der Waals surface area (Å²) in [7, 11) is 0. The van der Waals surface area contributed by atoms with Crippen LogP contribution in [0.3, 0.4) is 0 Å². The predicted molar refractivity (Wildman–Crippen MR) is 92.7 cm³/mol. The van der Waals surface area contributed by atoms with Crippen LogP contribution in [0.1, 0.15) is 44.4 Å². The van der Waals surface area contributed by atoms with Gasteiger partial charge >= 0.3 is 0 Å². The van der Waals surface area contributed by atoms with Crippen molar-refractivity contribution in [3.8, 4) is 0 Å². The summed E-state index contributed by atoms with van der Waals surface area (Å²) in [6, 6.07) is 0. The van der Waals surface area contributed by atoms with E-state index in [9.17, 15) is 4.79 Å². The van der Waals surface area contributed by atoms with Crippen LogP contribution in [0.5, 0.6) is 0 Å². The number of hydrogen-bond donors (Lipinski definition) is 0. The molecule has 134 valence electrons. The molecule has 1 spiro atoms. The normalized spacial score (nSPS) is 22.1. The topological polar surface area (TPSA) is 50.6 Å². The number of nitrogens with zero attached hydrogens (tertiary/aromatic N) is 4. The molecule has 1 aromatic heterocycles. The van der Waals surface area contributed by atoms with E-state index in [1.807, 2.05) is 10.9 Å². The van der Waals surface area contributed by atoms with Crippen LogP contribution in [0.25, 0.3) is 0 Å². The molecule has 6 heteroatoms. The van der Waals surface area contributed by atoms with Crippen LogP contribution in [0, 0.1) is 6.92 Å². The molecule has 2 aliphatic heterocycles. The van der Waals surface area contributed by atoms with E-state index >= 15 is 0 Å². The first-order valence-electron chi connectivity index (χ1n) is 9.21. The van der Waals surface area contributed by atoms with Gasteiger partial charge in [-0.15, -0.1) is 0 Å². The highest BCUT2D eigenvalue weighted by atomic mass is 16.5. The highest BCUT2D eigenvalue weighted by molar-refractivity contribution is 5.77. The number of rotatable bonds is 4. The maximum atomic E-state index is 12.7. The van der Waals surface area contributed by atoms with Crippen LogP contribution in [0.2, 0.25) is 0 Å². The van der Waals surface area contributed by atoms with E-state index in [0.29, 0.717) is 12.3 Å². The Labute approximate surface area is 144 Å². The van der Waals surface area contributed by atoms with E-state index in [4.69, 9.17) is 4.74 Å². The summed E-state index contributed by atoms with van der Waals surface area (Å²) < 4.78 is 7.63. The van der Waals surface area contributed by atoms with Gasteiger partial charge in [0, 0.05) is 63.6 Å². The van der Waals surface area contributed by atoms with Gasteiger partial charge in [-0.2, -0.15) is 5.10 Å². The molecule has 2 saturated heterocycles. The Morgan fingerprint density at radius 1 is 1.25 bits per heavy atom. The molecule has 1 aromatic rings. The smallest absolute Gasteiger partial charge is 0.224 e. The van der Waals surface area contributed by atoms with Crippen LogP contribution < -0.4 is 0 Å². The Morgan fingerprint density at radius 2 is 2.00 bits per heavy atom. The highest BCUT2D eigenvalue weighted by Gasteiger charge is 2.43. The maximum Gasteiger partial charge on any atom is 0.224 e. The summed E-state index contributed by atoms with van der Waals surface area (Å²) in [6.45, 7) is 12.2. The van der Waals surface area contributed by atoms with E-state index < -0.39 is 0 Å². The lowest BCUT2D eigenvalue weighted by Crippen LogP contribution is -2.58. The molecule has 0 N–H and O–H groups in total. The van der Waals surface area contributed by atoms with Gasteiger partial charge in [-0.25, -0.2) is 0 Å². The fourth-order valence-corrected chi connectivity index (χ4v) is 4.26. The number of carbonyl (C=O) groups excluding carboxylic acids is 1. The zero-order valence-corrected chi connectivity index (χ0v) is 15.3. The van der Waals surface area contributed by atoms with E-state index in [1.54, 1.807) is 0 Å². The van der Waals surface area contributed by atoms with Crippen LogP contribution in [-0.4, -0.2) is 63.9 Å². The summed E-state index contributed by atoms with van der Waals surface area (Å²) in [5.41, 5.74) is 2.45. The molecule has 2 fully saturated rings. The Morgan fingerprint density at radius 3 is 2.62 bits per heavy atom. The molecule has 0 unspecified atom stereocenters. The van der Waals surface area contributed by atoms with Crippen molar-refractivity contribution in [1.29, 1.82) is 0 Å². The Bertz CT molecular complexity index is 578. The molecule has 0 aliphatic carbocycles. The Kier molecular flexibility index (Phi) is 5.25. The standard InChI is InChI=1S/C18H30N4O2/c1-4-21-17(23)6-9-20(14-18(21)7-10-24-11-8-18)13-16-12-19-22(5-2)15(16)3/h12H,4-11,13-14H2,1-3H3. The van der Waals surface area contributed by atoms with Gasteiger partial charge in [0.25, 0.3) is 0 Å². The SMILES string of the molecule is CCN1C(=O)CCN(Cc2cnn(CC)c2C)CC12CCOCC2. The zero-order valence-electron chi connectivity index (χ0n) is 15.3. The summed E-state index contributed by atoms with van der Waals surface area (Å²) in [4.78, 5) is 17.2. The molecule has 0 atom stereocenters. The fourth-order valence-electron chi connectivity index (χ4n) is 4.26. The monoisotopic (exact) mass is 334 g/mol. The number of aryl methyl sites for hydroxylation is 1. The van der Waals surface area contributed by atoms with Gasteiger partial charge in [-0.3, -0.25) is 14.4 Å². The van der Waals surface area contributed by atoms with Gasteiger partial charge in [0.05, 0.1) is 11.7 Å². The van der Waals surface area contributed by atoms with Gasteiger partial charge < -0.3 is 9.64 Å². The number of ether oxygens (including phenoxy) is 1. The first-order valence-corrected chi connectivity index (χ1v) is 9.21. The average Bonchev–Trinajstić information content (AvgIpc) is 2.87. The summed E-state index contributed by atoms with van der Waals surface area (Å²) in [6.07, 6.45) is 4.48. The Balaban J connectivity index is 1.81. The van der Waals surface area contributed by atoms with Crippen molar-refractivity contribution in [3.05, 3.63) is 17.5 Å². The van der Waals surface area contributed by atoms with Crippen molar-refractivity contribution >= 4 is 5.91 Å². The first-order chi connectivity index (χ1) is 11.6. The molecule has 0 saturated carbocycles. The predicted octanol–water partition coefficient (Wildman–Crippen LogP) is 1.81. The number of carbonyl (C=O) groups is 1. The minimum Gasteiger partial charge on any atom is -0.381 e. The lowest BCUT2D eigenvalue weighted by Gasteiger charge is -2.46. The molecule has 24 heavy (non-hydrogen) atoms. The summed E-state index contributed by atoms with van der Waals surface area (Å²) in [5, 5.41) is 4.47. The fraction of sp³-hybridized carbons (Fsp3) is 0.778. The number of hydrogen-bond acceptors (Lipinski definition) is 4. The van der Waals surface area contributed by atoms with Crippen LogP contribution in [0.4, 0.5) is 0 Å². The van der Waals surface area contributed by atoms with Crippen molar-refractivity contribution in [1.82, 2.24) is 19.6 Å². The minimum absolute atomic E-state index is 0.0603. The van der Waals surface area contributed by atoms with Crippen LogP contribution in [0.15, 0.2) is 6.20 Å². The van der Waals surface area contributed by atoms with E-state index in [-0.39, 0.29) is 5.54 Å². The second kappa shape index (κ2) is 7.23. The molecular weight excluding hydrogens is 304 g/mol. The molecule has 0 aromatic carbocycles. The van der Waals surface area contributed by atoms with Gasteiger partial charge in [-0.05, 0) is 33.6 Å². The van der Waals surface area contributed by atoms with Crippen molar-refractivity contribution in [2.45, 2.75) is 58.7 Å². The van der Waals surface area contributed by atoms with Gasteiger partial charge in [-0.1, -0.05) is 0 Å². The third-order valence-electron chi connectivity index (χ3n) is 5.67. The molecule has 1 amide bonds. The second-order valence-corrected chi connectivity index (χ2v) is 7.01. The first kappa shape index (κ1) is 17.4. The molecule has 0 bridgehead atoms. The lowest BCUT2D eigenvalue weighted by molar-refractivity contribution is -0.140. The van der Waals surface area contributed by atoms with E-state index in [2.05, 4.69) is 35.7 Å². The number of aromatic nitrogens is 2. The third kappa shape index (κ3) is 3.22. The molecule has 2 aliphatic rings. The summed E-state index contributed by atoms with van der Waals surface area (Å²) in [5.74, 6) is 0.294. The maximum absolute atomic E-state index is 12.7. The van der Waals surface area contributed by atoms with Crippen molar-refractivity contribution < 1.29 is 9.53 Å². The van der Waals surface area contributed by atoms with Gasteiger partial charge in [0.15, 0.2) is 0 Å². The molecule has 3 rings (SSSR count). The Hall–Kier alpha value is -1.40. The molecule has 3 heterocycles. The lowest BCUT2D eigenvalue weighted by atomic mass is 9.87. The minimum atomic E-state index is -0.0603. The average molecular weight is 334 g/mol. The molecule has 0 radical (unpaired) electrons. The third-order valence-corrected chi connectivity index (χ3v) is 5.67. The van der Waals surface area contributed by atoms with E-state index in [1.165, 1.54) is 11.3 Å². The molecule has 6 nitrogen and oxygen atoms in total. The highest BCUT2D eigenvalue weighted by Crippen LogP contribution is 2.32. The van der Waals surface area contributed by atoms with Crippen molar-refractivity contribution in [2.24, 2.45) is 0 Å². The number of amides is 1. The van der Waals surface area contributed by atoms with E-state index in [0.717, 1.165) is 58.8 Å². The van der Waals surface area contributed by atoms with Gasteiger partial charge in [0.2, 0.25) is 5.91 Å². The van der Waals surface area contributed by atoms with Crippen molar-refractivity contribution in [3.63, 3.8) is 0 Å². The molecular formula is C18H30N4O2. The zero-order chi connectivity index (χ0) is 17.2. The van der Waals surface area contributed by atoms with Crippen LogP contribution >= 0.6 is 0 Å². The second-order valence-electron chi connectivity index (χ2n) is 7.01. The quantitative estimate of drug-likeness (QED) is 0.843. The largest absolute Gasteiger partial charge is 0.381 e. The number of likely N-dealkylation sites (N-methyl/N-ethyl adjacent to an activating group) is 1. The van der Waals surface area contributed by atoms with Crippen LogP contribution in [-0.2, 0) is 22.6 Å².